The summed E-state index contributed by atoms with van der Waals surface area (Å²) in [5.74, 6) is 0.145. The third kappa shape index (κ3) is 3.16. The maximum absolute atomic E-state index is 12.1. The fourth-order valence-electron chi connectivity index (χ4n) is 2.46. The van der Waals surface area contributed by atoms with Gasteiger partial charge in [0, 0.05) is 10.3 Å². The summed E-state index contributed by atoms with van der Waals surface area (Å²) in [6.45, 7) is 2.24. The van der Waals surface area contributed by atoms with Gasteiger partial charge in [-0.1, -0.05) is 6.92 Å². The van der Waals surface area contributed by atoms with Gasteiger partial charge in [0.1, 0.15) is 0 Å². The molecule has 2 heterocycles. The average Bonchev–Trinajstić information content (AvgIpc) is 3.12. The second kappa shape index (κ2) is 5.99. The van der Waals surface area contributed by atoms with E-state index in [-0.39, 0.29) is 11.8 Å². The lowest BCUT2D eigenvalue weighted by molar-refractivity contribution is 0.0849. The van der Waals surface area contributed by atoms with Crippen LogP contribution in [0.15, 0.2) is 22.9 Å². The SMILES string of the molecule is C[C@H]1CCc2sc(C(=O)NNC(=O)c3ccsc3)cc2C1. The van der Waals surface area contributed by atoms with Gasteiger partial charge in [0.05, 0.1) is 10.4 Å². The van der Waals surface area contributed by atoms with Crippen molar-refractivity contribution in [1.82, 2.24) is 10.9 Å². The zero-order chi connectivity index (χ0) is 14.8. The van der Waals surface area contributed by atoms with Crippen LogP contribution in [0, 0.1) is 5.92 Å². The molecule has 0 saturated carbocycles. The molecule has 0 aromatic carbocycles. The maximum atomic E-state index is 12.1. The van der Waals surface area contributed by atoms with Gasteiger partial charge in [0.15, 0.2) is 0 Å². The van der Waals surface area contributed by atoms with Crippen molar-refractivity contribution in [3.63, 3.8) is 0 Å². The van der Waals surface area contributed by atoms with Crippen LogP contribution >= 0.6 is 22.7 Å². The largest absolute Gasteiger partial charge is 0.279 e. The summed E-state index contributed by atoms with van der Waals surface area (Å²) >= 11 is 2.98. The predicted octanol–water partition coefficient (Wildman–Crippen LogP) is 3.01. The molecule has 0 unspecified atom stereocenters. The molecule has 1 aliphatic carbocycles. The summed E-state index contributed by atoms with van der Waals surface area (Å²) < 4.78 is 0. The lowest BCUT2D eigenvalue weighted by atomic mass is 9.90. The quantitative estimate of drug-likeness (QED) is 0.836. The smallest absolute Gasteiger partial charge is 0.267 e. The Balaban J connectivity index is 1.62. The number of nitrogens with one attached hydrogen (secondary N) is 2. The van der Waals surface area contributed by atoms with Crippen molar-refractivity contribution >= 4 is 34.5 Å². The molecule has 0 radical (unpaired) electrons. The number of hydrogen-bond donors (Lipinski definition) is 2. The Morgan fingerprint density at radius 2 is 2.10 bits per heavy atom. The highest BCUT2D eigenvalue weighted by Crippen LogP contribution is 2.32. The molecule has 21 heavy (non-hydrogen) atoms. The van der Waals surface area contributed by atoms with Gasteiger partial charge >= 0.3 is 0 Å². The minimum Gasteiger partial charge on any atom is -0.267 e. The molecule has 0 spiro atoms. The predicted molar refractivity (Wildman–Crippen MR) is 84.8 cm³/mol. The van der Waals surface area contributed by atoms with Crippen molar-refractivity contribution in [3.8, 4) is 0 Å². The molecule has 0 bridgehead atoms. The Labute approximate surface area is 131 Å². The molecule has 0 fully saturated rings. The minimum atomic E-state index is -0.292. The van der Waals surface area contributed by atoms with E-state index in [0.717, 1.165) is 12.8 Å². The van der Waals surface area contributed by atoms with Crippen molar-refractivity contribution in [2.45, 2.75) is 26.2 Å². The Kier molecular flexibility index (Phi) is 4.07. The van der Waals surface area contributed by atoms with Crippen molar-refractivity contribution < 1.29 is 9.59 Å². The lowest BCUT2D eigenvalue weighted by Gasteiger charge is -2.16. The normalized spacial score (nSPS) is 17.1. The van der Waals surface area contributed by atoms with Gasteiger partial charge in [-0.15, -0.1) is 11.3 Å². The number of carbonyl (C=O) groups is 2. The summed E-state index contributed by atoms with van der Waals surface area (Å²) in [6, 6.07) is 3.68. The van der Waals surface area contributed by atoms with Crippen LogP contribution in [-0.4, -0.2) is 11.8 Å². The maximum Gasteiger partial charge on any atom is 0.279 e. The van der Waals surface area contributed by atoms with Gasteiger partial charge in [0.2, 0.25) is 0 Å². The van der Waals surface area contributed by atoms with E-state index in [1.54, 1.807) is 11.4 Å². The van der Waals surface area contributed by atoms with E-state index in [0.29, 0.717) is 16.4 Å². The van der Waals surface area contributed by atoms with Gasteiger partial charge in [-0.25, -0.2) is 0 Å². The third-order valence-corrected chi connectivity index (χ3v) is 5.55. The molecule has 4 nitrogen and oxygen atoms in total. The molecule has 6 heteroatoms. The molecular formula is C15H16N2O2S2. The number of hydrogen-bond acceptors (Lipinski definition) is 4. The van der Waals surface area contributed by atoms with Crippen LogP contribution in [-0.2, 0) is 12.8 Å². The third-order valence-electron chi connectivity index (χ3n) is 3.63. The highest BCUT2D eigenvalue weighted by molar-refractivity contribution is 7.14. The molecule has 0 saturated heterocycles. The number of rotatable bonds is 2. The molecule has 2 aromatic rings. The van der Waals surface area contributed by atoms with Crippen LogP contribution in [0.4, 0.5) is 0 Å². The second-order valence-corrected chi connectivity index (χ2v) is 7.24. The van der Waals surface area contributed by atoms with Crippen LogP contribution in [0.5, 0.6) is 0 Å². The number of thiophene rings is 2. The summed E-state index contributed by atoms with van der Waals surface area (Å²) in [5, 5.41) is 3.57. The molecule has 0 aliphatic heterocycles. The van der Waals surface area contributed by atoms with Gasteiger partial charge in [0.25, 0.3) is 11.8 Å². The van der Waals surface area contributed by atoms with Crippen molar-refractivity contribution in [2.75, 3.05) is 0 Å². The van der Waals surface area contributed by atoms with Gasteiger partial charge in [-0.05, 0) is 48.3 Å². The first-order chi connectivity index (χ1) is 10.1. The summed E-state index contributed by atoms with van der Waals surface area (Å²) in [5.41, 5.74) is 6.77. The zero-order valence-electron chi connectivity index (χ0n) is 11.6. The topological polar surface area (TPSA) is 58.2 Å². The first-order valence-electron chi connectivity index (χ1n) is 6.88. The van der Waals surface area contributed by atoms with E-state index in [4.69, 9.17) is 0 Å². The Hall–Kier alpha value is -1.66. The number of fused-ring (bicyclic) bond motifs is 1. The number of aryl methyl sites for hydroxylation is 1. The van der Waals surface area contributed by atoms with E-state index < -0.39 is 0 Å². The van der Waals surface area contributed by atoms with Crippen LogP contribution in [0.25, 0.3) is 0 Å². The van der Waals surface area contributed by atoms with E-state index in [9.17, 15) is 9.59 Å². The van der Waals surface area contributed by atoms with E-state index in [1.165, 1.54) is 39.5 Å². The molecule has 2 amide bonds. The minimum absolute atomic E-state index is 0.245. The zero-order valence-corrected chi connectivity index (χ0v) is 13.3. The van der Waals surface area contributed by atoms with Gasteiger partial charge in [-0.3, -0.25) is 20.4 Å². The van der Waals surface area contributed by atoms with Crippen molar-refractivity contribution in [3.05, 3.63) is 43.8 Å². The Morgan fingerprint density at radius 1 is 1.29 bits per heavy atom. The van der Waals surface area contributed by atoms with Gasteiger partial charge in [-0.2, -0.15) is 11.3 Å². The summed E-state index contributed by atoms with van der Waals surface area (Å²) in [7, 11) is 0. The standard InChI is InChI=1S/C15H16N2O2S2/c1-9-2-3-12-11(6-9)7-13(21-12)15(19)17-16-14(18)10-4-5-20-8-10/h4-5,7-9H,2-3,6H2,1H3,(H,16,18)(H,17,19)/t9-/m0/s1. The molecule has 2 N–H and O–H groups in total. The number of amides is 2. The van der Waals surface area contributed by atoms with Crippen molar-refractivity contribution in [2.24, 2.45) is 5.92 Å². The number of hydrazine groups is 1. The van der Waals surface area contributed by atoms with E-state index in [1.807, 2.05) is 11.4 Å². The van der Waals surface area contributed by atoms with Crippen molar-refractivity contribution in [1.29, 1.82) is 0 Å². The van der Waals surface area contributed by atoms with E-state index >= 15 is 0 Å². The first-order valence-corrected chi connectivity index (χ1v) is 8.64. The summed E-state index contributed by atoms with van der Waals surface area (Å²) in [4.78, 5) is 25.8. The molecule has 1 aliphatic rings. The molecule has 1 atom stereocenters. The molecular weight excluding hydrogens is 304 g/mol. The average molecular weight is 320 g/mol. The highest BCUT2D eigenvalue weighted by Gasteiger charge is 2.20. The highest BCUT2D eigenvalue weighted by atomic mass is 32.1. The second-order valence-electron chi connectivity index (χ2n) is 5.33. The van der Waals surface area contributed by atoms with E-state index in [2.05, 4.69) is 17.8 Å². The lowest BCUT2D eigenvalue weighted by Crippen LogP contribution is -2.41. The van der Waals surface area contributed by atoms with Crippen LogP contribution < -0.4 is 10.9 Å². The monoisotopic (exact) mass is 320 g/mol. The molecule has 3 rings (SSSR count). The van der Waals surface area contributed by atoms with Crippen LogP contribution in [0.1, 0.15) is 43.8 Å². The molecule has 2 aromatic heterocycles. The Bertz CT molecular complexity index is 661. The summed E-state index contributed by atoms with van der Waals surface area (Å²) in [6.07, 6.45) is 3.28. The Morgan fingerprint density at radius 3 is 2.86 bits per heavy atom. The van der Waals surface area contributed by atoms with Crippen LogP contribution in [0.2, 0.25) is 0 Å². The number of carbonyl (C=O) groups excluding carboxylic acids is 2. The fourth-order valence-corrected chi connectivity index (χ4v) is 4.20. The first kappa shape index (κ1) is 14.3. The molecule has 110 valence electrons. The fraction of sp³-hybridized carbons (Fsp3) is 0.333. The van der Waals surface area contributed by atoms with Crippen LogP contribution in [0.3, 0.4) is 0 Å². The van der Waals surface area contributed by atoms with Gasteiger partial charge < -0.3 is 0 Å².